The van der Waals surface area contributed by atoms with Gasteiger partial charge in [-0.15, -0.1) is 0 Å². The highest BCUT2D eigenvalue weighted by atomic mass is 32.1. The molecule has 0 aromatic heterocycles. The summed E-state index contributed by atoms with van der Waals surface area (Å²) in [7, 11) is 0. The van der Waals surface area contributed by atoms with Gasteiger partial charge in [0.25, 0.3) is 0 Å². The lowest BCUT2D eigenvalue weighted by molar-refractivity contribution is 0.00871. The number of hydrogen-bond donors (Lipinski definition) is 3. The molecular formula is C17H23FN2OS. The predicted molar refractivity (Wildman–Crippen MR) is 89.2 cm³/mol. The lowest BCUT2D eigenvalue weighted by Gasteiger charge is -2.32. The summed E-state index contributed by atoms with van der Waals surface area (Å²) in [4.78, 5) is 0. The highest BCUT2D eigenvalue weighted by Crippen LogP contribution is 2.32. The van der Waals surface area contributed by atoms with Gasteiger partial charge in [-0.3, -0.25) is 0 Å². The van der Waals surface area contributed by atoms with Gasteiger partial charge in [0.1, 0.15) is 5.82 Å². The molecule has 1 aromatic rings. The van der Waals surface area contributed by atoms with Gasteiger partial charge in [0.05, 0.1) is 11.6 Å². The highest BCUT2D eigenvalue weighted by molar-refractivity contribution is 7.80. The minimum absolute atomic E-state index is 0.0618. The zero-order valence-corrected chi connectivity index (χ0v) is 13.5. The third-order valence-electron chi connectivity index (χ3n) is 4.88. The first-order chi connectivity index (χ1) is 10.6. The molecule has 0 saturated heterocycles. The Morgan fingerprint density at radius 1 is 1.32 bits per heavy atom. The fourth-order valence-corrected chi connectivity index (χ4v) is 3.81. The van der Waals surface area contributed by atoms with E-state index in [-0.39, 0.29) is 11.9 Å². The Morgan fingerprint density at radius 2 is 2.09 bits per heavy atom. The van der Waals surface area contributed by atoms with E-state index in [1.54, 1.807) is 6.07 Å². The summed E-state index contributed by atoms with van der Waals surface area (Å²) in [6.07, 6.45) is 6.62. The molecule has 3 nitrogen and oxygen atoms in total. The Labute approximate surface area is 136 Å². The molecule has 2 aliphatic rings. The van der Waals surface area contributed by atoms with Crippen molar-refractivity contribution < 1.29 is 9.50 Å². The van der Waals surface area contributed by atoms with Gasteiger partial charge in [0.2, 0.25) is 0 Å². The number of rotatable bonds is 3. The summed E-state index contributed by atoms with van der Waals surface area (Å²) in [6, 6.07) is 5.28. The Balaban J connectivity index is 1.54. The zero-order chi connectivity index (χ0) is 15.6. The van der Waals surface area contributed by atoms with Crippen LogP contribution in [0.2, 0.25) is 0 Å². The van der Waals surface area contributed by atoms with Crippen molar-refractivity contribution in [1.82, 2.24) is 10.6 Å². The van der Waals surface area contributed by atoms with Gasteiger partial charge < -0.3 is 15.7 Å². The Bertz CT molecular complexity index is 558. The topological polar surface area (TPSA) is 44.3 Å². The van der Waals surface area contributed by atoms with Crippen LogP contribution in [0.4, 0.5) is 4.39 Å². The summed E-state index contributed by atoms with van der Waals surface area (Å²) in [5.41, 5.74) is 1.16. The van der Waals surface area contributed by atoms with Crippen molar-refractivity contribution in [1.29, 1.82) is 0 Å². The van der Waals surface area contributed by atoms with Gasteiger partial charge in [-0.25, -0.2) is 4.39 Å². The minimum atomic E-state index is -0.635. The second-order valence-electron chi connectivity index (χ2n) is 6.51. The average molecular weight is 322 g/mol. The van der Waals surface area contributed by atoms with Crippen LogP contribution in [-0.4, -0.2) is 22.4 Å². The first-order valence-electron chi connectivity index (χ1n) is 8.11. The van der Waals surface area contributed by atoms with Crippen LogP contribution in [0.1, 0.15) is 55.7 Å². The molecule has 3 N–H and O–H groups in total. The molecule has 0 bridgehead atoms. The molecule has 120 valence electrons. The van der Waals surface area contributed by atoms with E-state index in [1.165, 1.54) is 12.5 Å². The molecule has 5 heteroatoms. The third-order valence-corrected chi connectivity index (χ3v) is 5.14. The van der Waals surface area contributed by atoms with Gasteiger partial charge in [-0.2, -0.15) is 0 Å². The maximum atomic E-state index is 13.7. The van der Waals surface area contributed by atoms with E-state index in [4.69, 9.17) is 12.2 Å². The molecule has 0 radical (unpaired) electrons. The number of halogens is 1. The largest absolute Gasteiger partial charge is 0.388 e. The molecule has 0 heterocycles. The Kier molecular flexibility index (Phi) is 4.64. The van der Waals surface area contributed by atoms with Gasteiger partial charge in [-0.05, 0) is 55.1 Å². The van der Waals surface area contributed by atoms with E-state index >= 15 is 0 Å². The van der Waals surface area contributed by atoms with E-state index in [0.29, 0.717) is 11.7 Å². The number of fused-ring (bicyclic) bond motifs is 1. The van der Waals surface area contributed by atoms with Crippen molar-refractivity contribution in [3.63, 3.8) is 0 Å². The number of benzene rings is 1. The molecule has 22 heavy (non-hydrogen) atoms. The standard InChI is InChI=1S/C17H23FN2OS/c18-14-6-4-5-13-12(14)7-8-15(13)20-16(22)19-11-17(21)9-2-1-3-10-17/h4-6,15,21H,1-3,7-11H2,(H2,19,20,22). The van der Waals surface area contributed by atoms with Crippen molar-refractivity contribution in [2.45, 2.75) is 56.6 Å². The SMILES string of the molecule is OC1(CNC(=S)NC2CCc3c(F)cccc32)CCCCC1. The molecular weight excluding hydrogens is 299 g/mol. The van der Waals surface area contributed by atoms with Crippen LogP contribution < -0.4 is 10.6 Å². The van der Waals surface area contributed by atoms with E-state index in [2.05, 4.69) is 10.6 Å². The fraction of sp³-hybridized carbons (Fsp3) is 0.588. The molecule has 1 unspecified atom stereocenters. The van der Waals surface area contributed by atoms with E-state index in [0.717, 1.165) is 49.7 Å². The van der Waals surface area contributed by atoms with Crippen LogP contribution in [0, 0.1) is 5.82 Å². The number of hydrogen-bond acceptors (Lipinski definition) is 2. The fourth-order valence-electron chi connectivity index (χ4n) is 3.60. The third kappa shape index (κ3) is 3.41. The Hall–Kier alpha value is -1.20. The van der Waals surface area contributed by atoms with Crippen molar-refractivity contribution in [3.8, 4) is 0 Å². The number of nitrogens with one attached hydrogen (secondary N) is 2. The predicted octanol–water partition coefficient (Wildman–Crippen LogP) is 2.97. The van der Waals surface area contributed by atoms with Gasteiger partial charge in [0, 0.05) is 6.54 Å². The quantitative estimate of drug-likeness (QED) is 0.749. The maximum Gasteiger partial charge on any atom is 0.166 e. The van der Waals surface area contributed by atoms with Gasteiger partial charge >= 0.3 is 0 Å². The summed E-state index contributed by atoms with van der Waals surface area (Å²) in [5, 5.41) is 17.4. The molecule has 0 amide bonds. The van der Waals surface area contributed by atoms with E-state index in [1.807, 2.05) is 6.07 Å². The molecule has 1 fully saturated rings. The van der Waals surface area contributed by atoms with Crippen molar-refractivity contribution >= 4 is 17.3 Å². The van der Waals surface area contributed by atoms with Crippen LogP contribution in [0.25, 0.3) is 0 Å². The van der Waals surface area contributed by atoms with Crippen LogP contribution >= 0.6 is 12.2 Å². The summed E-state index contributed by atoms with van der Waals surface area (Å²) < 4.78 is 13.7. The molecule has 1 saturated carbocycles. The van der Waals surface area contributed by atoms with Crippen LogP contribution in [0.3, 0.4) is 0 Å². The molecule has 2 aliphatic carbocycles. The normalized spacial score (nSPS) is 22.9. The second kappa shape index (κ2) is 6.50. The van der Waals surface area contributed by atoms with Crippen LogP contribution in [0.15, 0.2) is 18.2 Å². The van der Waals surface area contributed by atoms with Crippen molar-refractivity contribution in [3.05, 3.63) is 35.1 Å². The smallest absolute Gasteiger partial charge is 0.166 e. The van der Waals surface area contributed by atoms with Crippen LogP contribution in [0.5, 0.6) is 0 Å². The number of thiocarbonyl (C=S) groups is 1. The van der Waals surface area contributed by atoms with Crippen LogP contribution in [-0.2, 0) is 6.42 Å². The molecule has 3 rings (SSSR count). The number of aliphatic hydroxyl groups is 1. The highest BCUT2D eigenvalue weighted by Gasteiger charge is 2.30. The molecule has 1 atom stereocenters. The van der Waals surface area contributed by atoms with Gasteiger partial charge in [-0.1, -0.05) is 31.4 Å². The summed E-state index contributed by atoms with van der Waals surface area (Å²) in [6.45, 7) is 0.488. The van der Waals surface area contributed by atoms with Gasteiger partial charge in [0.15, 0.2) is 5.11 Å². The van der Waals surface area contributed by atoms with E-state index in [9.17, 15) is 9.50 Å². The summed E-state index contributed by atoms with van der Waals surface area (Å²) >= 11 is 5.34. The molecule has 0 spiro atoms. The van der Waals surface area contributed by atoms with Crippen molar-refractivity contribution in [2.24, 2.45) is 0 Å². The maximum absolute atomic E-state index is 13.7. The molecule has 0 aliphatic heterocycles. The average Bonchev–Trinajstić information content (AvgIpc) is 2.91. The molecule has 1 aromatic carbocycles. The lowest BCUT2D eigenvalue weighted by atomic mass is 9.85. The Morgan fingerprint density at radius 3 is 2.86 bits per heavy atom. The zero-order valence-electron chi connectivity index (χ0n) is 12.7. The first-order valence-corrected chi connectivity index (χ1v) is 8.52. The monoisotopic (exact) mass is 322 g/mol. The second-order valence-corrected chi connectivity index (χ2v) is 6.92. The minimum Gasteiger partial charge on any atom is -0.388 e. The first kappa shape index (κ1) is 15.7. The lowest BCUT2D eigenvalue weighted by Crippen LogP contribution is -2.47. The van der Waals surface area contributed by atoms with Crippen molar-refractivity contribution in [2.75, 3.05) is 6.54 Å². The van der Waals surface area contributed by atoms with E-state index < -0.39 is 5.60 Å². The summed E-state index contributed by atoms with van der Waals surface area (Å²) in [5.74, 6) is -0.128.